The van der Waals surface area contributed by atoms with Gasteiger partial charge in [-0.2, -0.15) is 0 Å². The molecule has 0 heterocycles. The number of allylic oxidation sites excluding steroid dienone is 3. The minimum Gasteiger partial charge on any atom is -0.372 e. The Kier molecular flexibility index (Phi) is 3.58. The van der Waals surface area contributed by atoms with Crippen molar-refractivity contribution in [2.24, 2.45) is 5.92 Å². The lowest BCUT2D eigenvalue weighted by molar-refractivity contribution is 0.381. The van der Waals surface area contributed by atoms with Gasteiger partial charge in [0, 0.05) is 18.8 Å². The van der Waals surface area contributed by atoms with Crippen LogP contribution < -0.4 is 0 Å². The van der Waals surface area contributed by atoms with Gasteiger partial charge < -0.3 is 4.90 Å². The van der Waals surface area contributed by atoms with Gasteiger partial charge in [0.05, 0.1) is 0 Å². The Labute approximate surface area is 82.1 Å². The molecule has 0 radical (unpaired) electrons. The Morgan fingerprint density at radius 2 is 2.00 bits per heavy atom. The molecule has 0 aromatic rings. The number of likely N-dealkylation sites (N-methyl/N-ethyl adjacent to an activating group) is 1. The molecular formula is C12H21N. The van der Waals surface area contributed by atoms with E-state index in [1.807, 2.05) is 0 Å². The van der Waals surface area contributed by atoms with Gasteiger partial charge in [0.15, 0.2) is 0 Å². The quantitative estimate of drug-likeness (QED) is 0.643. The second-order valence-corrected chi connectivity index (χ2v) is 3.78. The first kappa shape index (κ1) is 10.4. The Balaban J connectivity index is 2.87. The standard InChI is InChI=1S/C12H21N/c1-5-13(6-2)12-9-7-8-10(3)11(12)4/h7,9-10H,5-6,8H2,1-4H3. The van der Waals surface area contributed by atoms with Crippen LogP contribution in [0.25, 0.3) is 0 Å². The SMILES string of the molecule is CCN(CC)C1=C(C)C(C)CC=C1. The van der Waals surface area contributed by atoms with E-state index < -0.39 is 0 Å². The first-order valence-electron chi connectivity index (χ1n) is 5.32. The molecule has 0 fully saturated rings. The Morgan fingerprint density at radius 3 is 2.54 bits per heavy atom. The van der Waals surface area contributed by atoms with E-state index in [-0.39, 0.29) is 0 Å². The minimum absolute atomic E-state index is 0.723. The monoisotopic (exact) mass is 179 g/mol. The van der Waals surface area contributed by atoms with Crippen molar-refractivity contribution in [3.05, 3.63) is 23.4 Å². The van der Waals surface area contributed by atoms with Crippen LogP contribution in [0.2, 0.25) is 0 Å². The molecule has 0 N–H and O–H groups in total. The fraction of sp³-hybridized carbons (Fsp3) is 0.667. The molecule has 1 rings (SSSR count). The first-order valence-corrected chi connectivity index (χ1v) is 5.32. The minimum atomic E-state index is 0.723. The molecule has 1 atom stereocenters. The molecule has 0 aliphatic heterocycles. The Bertz CT molecular complexity index is 221. The highest BCUT2D eigenvalue weighted by Crippen LogP contribution is 2.26. The zero-order chi connectivity index (χ0) is 9.84. The van der Waals surface area contributed by atoms with Gasteiger partial charge in [-0.05, 0) is 44.8 Å². The summed E-state index contributed by atoms with van der Waals surface area (Å²) in [4.78, 5) is 2.43. The highest BCUT2D eigenvalue weighted by Gasteiger charge is 2.14. The summed E-state index contributed by atoms with van der Waals surface area (Å²) in [5.74, 6) is 0.723. The summed E-state index contributed by atoms with van der Waals surface area (Å²) in [6, 6.07) is 0. The van der Waals surface area contributed by atoms with Gasteiger partial charge in [-0.25, -0.2) is 0 Å². The fourth-order valence-corrected chi connectivity index (χ4v) is 1.86. The number of hydrogen-bond donors (Lipinski definition) is 0. The van der Waals surface area contributed by atoms with E-state index in [2.05, 4.69) is 44.7 Å². The first-order chi connectivity index (χ1) is 6.20. The number of hydrogen-bond acceptors (Lipinski definition) is 1. The van der Waals surface area contributed by atoms with E-state index in [0.717, 1.165) is 19.0 Å². The van der Waals surface area contributed by atoms with Crippen molar-refractivity contribution >= 4 is 0 Å². The highest BCUT2D eigenvalue weighted by atomic mass is 15.1. The van der Waals surface area contributed by atoms with Crippen molar-refractivity contribution in [1.82, 2.24) is 4.90 Å². The van der Waals surface area contributed by atoms with E-state index in [9.17, 15) is 0 Å². The molecule has 0 amide bonds. The van der Waals surface area contributed by atoms with Gasteiger partial charge in [-0.15, -0.1) is 0 Å². The zero-order valence-corrected chi connectivity index (χ0v) is 9.30. The van der Waals surface area contributed by atoms with Gasteiger partial charge >= 0.3 is 0 Å². The van der Waals surface area contributed by atoms with E-state index in [0.29, 0.717) is 0 Å². The maximum atomic E-state index is 2.43. The number of nitrogens with zero attached hydrogens (tertiary/aromatic N) is 1. The van der Waals surface area contributed by atoms with Crippen LogP contribution in [-0.2, 0) is 0 Å². The number of rotatable bonds is 3. The van der Waals surface area contributed by atoms with E-state index in [1.165, 1.54) is 12.1 Å². The molecular weight excluding hydrogens is 158 g/mol. The second kappa shape index (κ2) is 4.50. The van der Waals surface area contributed by atoms with Crippen molar-refractivity contribution in [2.75, 3.05) is 13.1 Å². The van der Waals surface area contributed by atoms with Crippen LogP contribution in [0.3, 0.4) is 0 Å². The van der Waals surface area contributed by atoms with Gasteiger partial charge in [-0.1, -0.05) is 13.0 Å². The molecule has 0 saturated carbocycles. The van der Waals surface area contributed by atoms with Gasteiger partial charge in [-0.3, -0.25) is 0 Å². The molecule has 0 aromatic carbocycles. The predicted octanol–water partition coefficient (Wildman–Crippen LogP) is 3.20. The summed E-state index contributed by atoms with van der Waals surface area (Å²) in [6.07, 6.45) is 5.78. The molecule has 1 nitrogen and oxygen atoms in total. The molecule has 1 aliphatic carbocycles. The molecule has 74 valence electrons. The normalized spacial score (nSPS) is 22.3. The molecule has 0 saturated heterocycles. The van der Waals surface area contributed by atoms with Crippen molar-refractivity contribution in [3.63, 3.8) is 0 Å². The average Bonchev–Trinajstić information content (AvgIpc) is 2.14. The lowest BCUT2D eigenvalue weighted by atomic mass is 9.92. The van der Waals surface area contributed by atoms with Crippen LogP contribution in [0.4, 0.5) is 0 Å². The smallest absolute Gasteiger partial charge is 0.0354 e. The summed E-state index contributed by atoms with van der Waals surface area (Å²) in [5, 5.41) is 0. The van der Waals surface area contributed by atoms with Crippen LogP contribution >= 0.6 is 0 Å². The second-order valence-electron chi connectivity index (χ2n) is 3.78. The van der Waals surface area contributed by atoms with Gasteiger partial charge in [0.25, 0.3) is 0 Å². The predicted molar refractivity (Wildman–Crippen MR) is 58.5 cm³/mol. The van der Waals surface area contributed by atoms with E-state index >= 15 is 0 Å². The molecule has 0 bridgehead atoms. The average molecular weight is 179 g/mol. The largest absolute Gasteiger partial charge is 0.372 e. The molecule has 1 unspecified atom stereocenters. The lowest BCUT2D eigenvalue weighted by Crippen LogP contribution is -2.24. The van der Waals surface area contributed by atoms with E-state index in [4.69, 9.17) is 0 Å². The van der Waals surface area contributed by atoms with Crippen LogP contribution in [-0.4, -0.2) is 18.0 Å². The van der Waals surface area contributed by atoms with Crippen LogP contribution in [0, 0.1) is 5.92 Å². The van der Waals surface area contributed by atoms with Crippen molar-refractivity contribution in [1.29, 1.82) is 0 Å². The van der Waals surface area contributed by atoms with Gasteiger partial charge in [0.2, 0.25) is 0 Å². The van der Waals surface area contributed by atoms with Crippen LogP contribution in [0.1, 0.15) is 34.1 Å². The molecule has 0 spiro atoms. The van der Waals surface area contributed by atoms with Crippen molar-refractivity contribution in [2.45, 2.75) is 34.1 Å². The summed E-state index contributed by atoms with van der Waals surface area (Å²) in [5.41, 5.74) is 3.00. The summed E-state index contributed by atoms with van der Waals surface area (Å²) >= 11 is 0. The third kappa shape index (κ3) is 2.15. The van der Waals surface area contributed by atoms with E-state index in [1.54, 1.807) is 5.57 Å². The zero-order valence-electron chi connectivity index (χ0n) is 9.30. The maximum absolute atomic E-state index is 2.43. The maximum Gasteiger partial charge on any atom is 0.0354 e. The Morgan fingerprint density at radius 1 is 1.38 bits per heavy atom. The lowest BCUT2D eigenvalue weighted by Gasteiger charge is -2.29. The highest BCUT2D eigenvalue weighted by molar-refractivity contribution is 5.29. The molecule has 1 aliphatic rings. The molecule has 1 heteroatoms. The van der Waals surface area contributed by atoms with Crippen molar-refractivity contribution in [3.8, 4) is 0 Å². The topological polar surface area (TPSA) is 3.24 Å². The van der Waals surface area contributed by atoms with Crippen LogP contribution in [0.15, 0.2) is 23.4 Å². The summed E-state index contributed by atoms with van der Waals surface area (Å²) in [7, 11) is 0. The molecule has 13 heavy (non-hydrogen) atoms. The van der Waals surface area contributed by atoms with Crippen LogP contribution in [0.5, 0.6) is 0 Å². The summed E-state index contributed by atoms with van der Waals surface area (Å²) in [6.45, 7) is 11.2. The van der Waals surface area contributed by atoms with Crippen molar-refractivity contribution < 1.29 is 0 Å². The fourth-order valence-electron chi connectivity index (χ4n) is 1.86. The summed E-state index contributed by atoms with van der Waals surface area (Å²) < 4.78 is 0. The third-order valence-corrected chi connectivity index (χ3v) is 3.01. The third-order valence-electron chi connectivity index (χ3n) is 3.01. The molecule has 0 aromatic heterocycles. The van der Waals surface area contributed by atoms with Gasteiger partial charge in [0.1, 0.15) is 0 Å². The Hall–Kier alpha value is -0.720.